The van der Waals surface area contributed by atoms with Crippen LogP contribution in [-0.2, 0) is 17.1 Å². The predicted octanol–water partition coefficient (Wildman–Crippen LogP) is 2.21. The molecule has 0 fully saturated rings. The van der Waals surface area contributed by atoms with Gasteiger partial charge in [0.1, 0.15) is 0 Å². The standard InChI is InChI=1S/C18H26N4O3S/c1-11(2)21-26(24,25)16-9-7-15(8-10-16)18(23)19-12(3)17-13(4)20-22(6)14(17)5/h7-12,21H,1-6H3,(H,19,23). The van der Waals surface area contributed by atoms with Crippen molar-refractivity contribution in [2.24, 2.45) is 7.05 Å². The number of carbonyl (C=O) groups excluding carboxylic acids is 1. The Labute approximate surface area is 154 Å². The van der Waals surface area contributed by atoms with Gasteiger partial charge in [0.25, 0.3) is 5.91 Å². The van der Waals surface area contributed by atoms with Crippen LogP contribution in [0.25, 0.3) is 0 Å². The van der Waals surface area contributed by atoms with Crippen molar-refractivity contribution in [3.8, 4) is 0 Å². The summed E-state index contributed by atoms with van der Waals surface area (Å²) in [6.07, 6.45) is 0. The fraction of sp³-hybridized carbons (Fsp3) is 0.444. The highest BCUT2D eigenvalue weighted by molar-refractivity contribution is 7.89. The quantitative estimate of drug-likeness (QED) is 0.806. The predicted molar refractivity (Wildman–Crippen MR) is 100 cm³/mol. The molecule has 1 heterocycles. The minimum atomic E-state index is -3.57. The van der Waals surface area contributed by atoms with Crippen molar-refractivity contribution in [3.05, 3.63) is 46.8 Å². The maximum absolute atomic E-state index is 12.5. The number of amides is 1. The molecule has 7 nitrogen and oxygen atoms in total. The summed E-state index contributed by atoms with van der Waals surface area (Å²) >= 11 is 0. The molecule has 1 amide bonds. The van der Waals surface area contributed by atoms with E-state index in [-0.39, 0.29) is 22.9 Å². The first-order valence-electron chi connectivity index (χ1n) is 8.46. The third-order valence-corrected chi connectivity index (χ3v) is 5.84. The Morgan fingerprint density at radius 3 is 2.15 bits per heavy atom. The molecule has 1 unspecified atom stereocenters. The number of aromatic nitrogens is 2. The lowest BCUT2D eigenvalue weighted by Gasteiger charge is -2.15. The fourth-order valence-corrected chi connectivity index (χ4v) is 4.18. The number of aryl methyl sites for hydroxylation is 2. The molecule has 0 spiro atoms. The summed E-state index contributed by atoms with van der Waals surface area (Å²) in [7, 11) is -1.70. The van der Waals surface area contributed by atoms with Crippen LogP contribution < -0.4 is 10.0 Å². The molecule has 1 aromatic carbocycles. The first-order chi connectivity index (χ1) is 12.0. The zero-order valence-corrected chi connectivity index (χ0v) is 16.8. The van der Waals surface area contributed by atoms with Gasteiger partial charge in [0.05, 0.1) is 16.6 Å². The van der Waals surface area contributed by atoms with Gasteiger partial charge in [-0.15, -0.1) is 0 Å². The summed E-state index contributed by atoms with van der Waals surface area (Å²) in [6.45, 7) is 9.28. The first-order valence-corrected chi connectivity index (χ1v) is 9.94. The lowest BCUT2D eigenvalue weighted by Crippen LogP contribution is -2.30. The molecule has 0 aliphatic heterocycles. The monoisotopic (exact) mass is 378 g/mol. The van der Waals surface area contributed by atoms with Gasteiger partial charge in [-0.3, -0.25) is 9.48 Å². The minimum absolute atomic E-state index is 0.134. The number of benzene rings is 1. The molecule has 8 heteroatoms. The minimum Gasteiger partial charge on any atom is -0.345 e. The van der Waals surface area contributed by atoms with Crippen LogP contribution in [0.3, 0.4) is 0 Å². The van der Waals surface area contributed by atoms with E-state index in [4.69, 9.17) is 0 Å². The second kappa shape index (κ2) is 7.59. The van der Waals surface area contributed by atoms with Crippen LogP contribution in [0.15, 0.2) is 29.2 Å². The molecule has 0 saturated heterocycles. The Morgan fingerprint density at radius 2 is 1.69 bits per heavy atom. The van der Waals surface area contributed by atoms with Gasteiger partial charge in [0.2, 0.25) is 10.0 Å². The number of hydrogen-bond acceptors (Lipinski definition) is 4. The van der Waals surface area contributed by atoms with E-state index in [1.165, 1.54) is 24.3 Å². The largest absolute Gasteiger partial charge is 0.345 e. The molecule has 1 atom stereocenters. The maximum atomic E-state index is 12.5. The Hall–Kier alpha value is -2.19. The summed E-state index contributed by atoms with van der Waals surface area (Å²) in [4.78, 5) is 12.6. The van der Waals surface area contributed by atoms with Gasteiger partial charge in [-0.2, -0.15) is 5.10 Å². The molecule has 0 radical (unpaired) electrons. The molecule has 0 bridgehead atoms. The topological polar surface area (TPSA) is 93.1 Å². The zero-order chi connectivity index (χ0) is 19.6. The summed E-state index contributed by atoms with van der Waals surface area (Å²) in [5.74, 6) is -0.263. The number of nitrogens with one attached hydrogen (secondary N) is 2. The Kier molecular flexibility index (Phi) is 5.87. The Bertz CT molecular complexity index is 899. The number of hydrogen-bond donors (Lipinski definition) is 2. The van der Waals surface area contributed by atoms with Crippen LogP contribution in [0.2, 0.25) is 0 Å². The highest BCUT2D eigenvalue weighted by atomic mass is 32.2. The highest BCUT2D eigenvalue weighted by Gasteiger charge is 2.20. The summed E-state index contributed by atoms with van der Waals surface area (Å²) in [5.41, 5.74) is 3.26. The van der Waals surface area contributed by atoms with Crippen LogP contribution in [0.1, 0.15) is 54.1 Å². The van der Waals surface area contributed by atoms with E-state index in [1.54, 1.807) is 18.5 Å². The van der Waals surface area contributed by atoms with Gasteiger partial charge in [0.15, 0.2) is 0 Å². The average Bonchev–Trinajstić information content (AvgIpc) is 2.78. The normalized spacial score (nSPS) is 13.0. The van der Waals surface area contributed by atoms with Crippen molar-refractivity contribution in [2.75, 3.05) is 0 Å². The van der Waals surface area contributed by atoms with Gasteiger partial charge in [-0.25, -0.2) is 13.1 Å². The number of sulfonamides is 1. The highest BCUT2D eigenvalue weighted by Crippen LogP contribution is 2.21. The SMILES string of the molecule is Cc1nn(C)c(C)c1C(C)NC(=O)c1ccc(S(=O)(=O)NC(C)C)cc1. The van der Waals surface area contributed by atoms with Gasteiger partial charge in [-0.1, -0.05) is 0 Å². The van der Waals surface area contributed by atoms with Gasteiger partial charge >= 0.3 is 0 Å². The van der Waals surface area contributed by atoms with E-state index < -0.39 is 10.0 Å². The molecular formula is C18H26N4O3S. The third kappa shape index (κ3) is 4.31. The van der Waals surface area contributed by atoms with E-state index in [1.807, 2.05) is 27.8 Å². The van der Waals surface area contributed by atoms with Crippen molar-refractivity contribution < 1.29 is 13.2 Å². The van der Waals surface area contributed by atoms with E-state index in [9.17, 15) is 13.2 Å². The van der Waals surface area contributed by atoms with Gasteiger partial charge in [0, 0.05) is 29.9 Å². The number of rotatable bonds is 6. The molecular weight excluding hydrogens is 352 g/mol. The molecule has 0 aliphatic rings. The van der Waals surface area contributed by atoms with Crippen LogP contribution in [0.4, 0.5) is 0 Å². The molecule has 142 valence electrons. The van der Waals surface area contributed by atoms with Crippen molar-refractivity contribution in [2.45, 2.75) is 51.6 Å². The van der Waals surface area contributed by atoms with Gasteiger partial charge in [-0.05, 0) is 58.9 Å². The molecule has 2 aromatic rings. The van der Waals surface area contributed by atoms with Crippen molar-refractivity contribution >= 4 is 15.9 Å². The summed E-state index contributed by atoms with van der Waals surface area (Å²) < 4.78 is 28.6. The molecule has 1 aromatic heterocycles. The second-order valence-electron chi connectivity index (χ2n) is 6.70. The van der Waals surface area contributed by atoms with Crippen LogP contribution in [0.5, 0.6) is 0 Å². The summed E-state index contributed by atoms with van der Waals surface area (Å²) in [5, 5.41) is 7.31. The van der Waals surface area contributed by atoms with Crippen LogP contribution >= 0.6 is 0 Å². The lowest BCUT2D eigenvalue weighted by atomic mass is 10.1. The second-order valence-corrected chi connectivity index (χ2v) is 8.42. The van der Waals surface area contributed by atoms with Crippen molar-refractivity contribution in [1.82, 2.24) is 19.8 Å². The first kappa shape index (κ1) is 20.1. The van der Waals surface area contributed by atoms with E-state index in [0.29, 0.717) is 5.56 Å². The maximum Gasteiger partial charge on any atom is 0.251 e. The van der Waals surface area contributed by atoms with E-state index in [2.05, 4.69) is 15.1 Å². The Morgan fingerprint density at radius 1 is 1.12 bits per heavy atom. The molecule has 26 heavy (non-hydrogen) atoms. The van der Waals surface area contributed by atoms with Crippen LogP contribution in [-0.4, -0.2) is 30.1 Å². The van der Waals surface area contributed by atoms with E-state index in [0.717, 1.165) is 17.0 Å². The van der Waals surface area contributed by atoms with Crippen molar-refractivity contribution in [3.63, 3.8) is 0 Å². The molecule has 0 saturated carbocycles. The lowest BCUT2D eigenvalue weighted by molar-refractivity contribution is 0.0939. The van der Waals surface area contributed by atoms with Crippen LogP contribution in [0, 0.1) is 13.8 Å². The Balaban J connectivity index is 2.15. The number of carbonyl (C=O) groups is 1. The van der Waals surface area contributed by atoms with Gasteiger partial charge < -0.3 is 5.32 Å². The molecule has 2 N–H and O–H groups in total. The zero-order valence-electron chi connectivity index (χ0n) is 16.0. The fourth-order valence-electron chi connectivity index (χ4n) is 2.93. The van der Waals surface area contributed by atoms with Crippen molar-refractivity contribution in [1.29, 1.82) is 0 Å². The van der Waals surface area contributed by atoms with E-state index >= 15 is 0 Å². The molecule has 2 rings (SSSR count). The average molecular weight is 378 g/mol. The third-order valence-electron chi connectivity index (χ3n) is 4.16. The number of nitrogens with zero attached hydrogens (tertiary/aromatic N) is 2. The summed E-state index contributed by atoms with van der Waals surface area (Å²) in [6, 6.07) is 5.49. The smallest absolute Gasteiger partial charge is 0.251 e. The molecule has 0 aliphatic carbocycles.